The summed E-state index contributed by atoms with van der Waals surface area (Å²) in [6, 6.07) is 0. The molecule has 0 saturated carbocycles. The Bertz CT molecular complexity index is 641. The number of aromatic nitrogens is 2. The Kier molecular flexibility index (Phi) is 3.32. The minimum absolute atomic E-state index is 0.0517. The highest BCUT2D eigenvalue weighted by Crippen LogP contribution is 2.35. The molecule has 1 aromatic rings. The van der Waals surface area contributed by atoms with Crippen LogP contribution < -0.4 is 11.2 Å². The van der Waals surface area contributed by atoms with Crippen LogP contribution in [0.5, 0.6) is 0 Å². The Balaban J connectivity index is 2.42. The van der Waals surface area contributed by atoms with Crippen LogP contribution in [0.25, 0.3) is 0 Å². The van der Waals surface area contributed by atoms with Gasteiger partial charge in [-0.2, -0.15) is 0 Å². The quantitative estimate of drug-likeness (QED) is 0.564. The number of aryl methyl sites for hydroxylation is 1. The van der Waals surface area contributed by atoms with Crippen LogP contribution in [0.3, 0.4) is 0 Å². The van der Waals surface area contributed by atoms with Crippen molar-refractivity contribution in [3.63, 3.8) is 0 Å². The molecular formula is C12H14N2O5. The Hall–Kier alpha value is -1.88. The van der Waals surface area contributed by atoms with Crippen LogP contribution >= 0.6 is 0 Å². The van der Waals surface area contributed by atoms with E-state index in [-0.39, 0.29) is 6.42 Å². The zero-order chi connectivity index (χ0) is 14.2. The first-order chi connectivity index (χ1) is 8.93. The van der Waals surface area contributed by atoms with Crippen molar-refractivity contribution >= 4 is 0 Å². The van der Waals surface area contributed by atoms with E-state index in [1.54, 1.807) is 6.92 Å². The number of hydrogen-bond acceptors (Lipinski definition) is 5. The van der Waals surface area contributed by atoms with Gasteiger partial charge in [0.25, 0.3) is 5.56 Å². The summed E-state index contributed by atoms with van der Waals surface area (Å²) in [7, 11) is 0. The Morgan fingerprint density at radius 2 is 2.37 bits per heavy atom. The summed E-state index contributed by atoms with van der Waals surface area (Å²) < 4.78 is 6.57. The number of ether oxygens (including phenoxy) is 1. The van der Waals surface area contributed by atoms with Gasteiger partial charge in [-0.25, -0.2) is 4.79 Å². The van der Waals surface area contributed by atoms with E-state index >= 15 is 0 Å². The molecule has 1 aromatic heterocycles. The van der Waals surface area contributed by atoms with Gasteiger partial charge in [0.15, 0.2) is 5.60 Å². The van der Waals surface area contributed by atoms with E-state index in [1.165, 1.54) is 6.20 Å². The maximum atomic E-state index is 11.7. The van der Waals surface area contributed by atoms with Gasteiger partial charge in [-0.1, -0.05) is 5.92 Å². The van der Waals surface area contributed by atoms with Gasteiger partial charge in [0.2, 0.25) is 0 Å². The van der Waals surface area contributed by atoms with Crippen molar-refractivity contribution in [3.8, 4) is 12.3 Å². The summed E-state index contributed by atoms with van der Waals surface area (Å²) >= 11 is 0. The minimum Gasteiger partial charge on any atom is -0.392 e. The first-order valence-corrected chi connectivity index (χ1v) is 5.70. The summed E-state index contributed by atoms with van der Waals surface area (Å²) in [5.41, 5.74) is -2.32. The van der Waals surface area contributed by atoms with Gasteiger partial charge in [0.1, 0.15) is 12.3 Å². The summed E-state index contributed by atoms with van der Waals surface area (Å²) in [5.74, 6) is 2.21. The van der Waals surface area contributed by atoms with Crippen LogP contribution in [0.1, 0.15) is 18.2 Å². The van der Waals surface area contributed by atoms with E-state index < -0.39 is 35.8 Å². The van der Waals surface area contributed by atoms with Gasteiger partial charge in [0.05, 0.1) is 6.61 Å². The van der Waals surface area contributed by atoms with Crippen molar-refractivity contribution in [1.29, 1.82) is 0 Å². The predicted molar refractivity (Wildman–Crippen MR) is 65.5 cm³/mol. The van der Waals surface area contributed by atoms with Crippen molar-refractivity contribution in [3.05, 3.63) is 32.6 Å². The van der Waals surface area contributed by atoms with Crippen molar-refractivity contribution < 1.29 is 14.9 Å². The lowest BCUT2D eigenvalue weighted by Crippen LogP contribution is -2.41. The summed E-state index contributed by atoms with van der Waals surface area (Å²) in [6.45, 7) is 0.985. The summed E-state index contributed by atoms with van der Waals surface area (Å²) in [6.07, 6.45) is 4.73. The molecule has 2 heterocycles. The predicted octanol–water partition coefficient (Wildman–Crippen LogP) is -1.51. The van der Waals surface area contributed by atoms with Crippen LogP contribution in [0.2, 0.25) is 0 Å². The van der Waals surface area contributed by atoms with Crippen LogP contribution in [-0.2, 0) is 4.74 Å². The van der Waals surface area contributed by atoms with Crippen LogP contribution in [-0.4, -0.2) is 38.1 Å². The number of hydrogen-bond donors (Lipinski definition) is 3. The molecule has 3 N–H and O–H groups in total. The van der Waals surface area contributed by atoms with Crippen LogP contribution in [0, 0.1) is 19.3 Å². The number of nitrogens with one attached hydrogen (secondary N) is 1. The fourth-order valence-electron chi connectivity index (χ4n) is 2.04. The summed E-state index contributed by atoms with van der Waals surface area (Å²) in [4.78, 5) is 25.1. The monoisotopic (exact) mass is 266 g/mol. The zero-order valence-electron chi connectivity index (χ0n) is 10.3. The van der Waals surface area contributed by atoms with E-state index in [2.05, 4.69) is 10.9 Å². The molecule has 1 aliphatic heterocycles. The molecule has 7 heteroatoms. The lowest BCUT2D eigenvalue weighted by atomic mass is 9.99. The maximum absolute atomic E-state index is 11.7. The molecule has 2 rings (SSSR count). The molecule has 102 valence electrons. The topological polar surface area (TPSA) is 105 Å². The van der Waals surface area contributed by atoms with E-state index in [4.69, 9.17) is 11.2 Å². The van der Waals surface area contributed by atoms with Gasteiger partial charge in [-0.15, -0.1) is 6.42 Å². The number of aromatic amines is 1. The third-order valence-electron chi connectivity index (χ3n) is 3.24. The molecule has 0 aromatic carbocycles. The molecule has 1 aliphatic rings. The SMILES string of the molecule is C#C[C@]1(CO)OC(n2cc(C)c(=O)[nH]c2=O)CC1O. The molecule has 0 spiro atoms. The normalized spacial score (nSPS) is 30.2. The molecule has 3 atom stereocenters. The second-order valence-electron chi connectivity index (χ2n) is 4.49. The largest absolute Gasteiger partial charge is 0.392 e. The summed E-state index contributed by atoms with van der Waals surface area (Å²) in [5, 5.41) is 19.1. The van der Waals surface area contributed by atoms with E-state index in [0.29, 0.717) is 5.56 Å². The molecule has 0 bridgehead atoms. The number of aliphatic hydroxyl groups excluding tert-OH is 2. The molecule has 0 amide bonds. The standard InChI is InChI=1S/C12H14N2O5/c1-3-12(6-15)8(16)4-9(19-12)14-5-7(2)10(17)13-11(14)18/h1,5,8-9,15-16H,4,6H2,2H3,(H,13,17,18)/t8?,9?,12-/m1/s1. The lowest BCUT2D eigenvalue weighted by Gasteiger charge is -2.23. The molecular weight excluding hydrogens is 252 g/mol. The average molecular weight is 266 g/mol. The highest BCUT2D eigenvalue weighted by Gasteiger charge is 2.47. The number of aliphatic hydroxyl groups is 2. The van der Waals surface area contributed by atoms with Crippen molar-refractivity contribution in [1.82, 2.24) is 9.55 Å². The van der Waals surface area contributed by atoms with Crippen molar-refractivity contribution in [2.24, 2.45) is 0 Å². The van der Waals surface area contributed by atoms with Gasteiger partial charge in [0, 0.05) is 18.2 Å². The fourth-order valence-corrected chi connectivity index (χ4v) is 2.04. The zero-order valence-corrected chi connectivity index (χ0v) is 10.3. The number of H-pyrrole nitrogens is 1. The first kappa shape index (κ1) is 13.5. The number of nitrogens with zero attached hydrogens (tertiary/aromatic N) is 1. The van der Waals surface area contributed by atoms with Crippen LogP contribution in [0.15, 0.2) is 15.8 Å². The Labute approximate surface area is 108 Å². The third-order valence-corrected chi connectivity index (χ3v) is 3.24. The number of terminal acetylenes is 1. The van der Waals surface area contributed by atoms with Gasteiger partial charge in [-0.05, 0) is 6.92 Å². The smallest absolute Gasteiger partial charge is 0.330 e. The second-order valence-corrected chi connectivity index (χ2v) is 4.49. The van der Waals surface area contributed by atoms with Gasteiger partial charge < -0.3 is 14.9 Å². The van der Waals surface area contributed by atoms with Crippen molar-refractivity contribution in [2.45, 2.75) is 31.3 Å². The minimum atomic E-state index is -1.52. The molecule has 19 heavy (non-hydrogen) atoms. The van der Waals surface area contributed by atoms with E-state index in [0.717, 1.165) is 4.57 Å². The third kappa shape index (κ3) is 2.10. The molecule has 1 saturated heterocycles. The molecule has 0 radical (unpaired) electrons. The Morgan fingerprint density at radius 1 is 1.68 bits per heavy atom. The van der Waals surface area contributed by atoms with E-state index in [1.807, 2.05) is 0 Å². The van der Waals surface area contributed by atoms with Gasteiger partial charge >= 0.3 is 5.69 Å². The van der Waals surface area contributed by atoms with Crippen molar-refractivity contribution in [2.75, 3.05) is 6.61 Å². The van der Waals surface area contributed by atoms with E-state index in [9.17, 15) is 19.8 Å². The molecule has 7 nitrogen and oxygen atoms in total. The Morgan fingerprint density at radius 3 is 2.89 bits per heavy atom. The average Bonchev–Trinajstić information content (AvgIpc) is 2.71. The number of rotatable bonds is 2. The first-order valence-electron chi connectivity index (χ1n) is 5.70. The molecule has 0 aliphatic carbocycles. The molecule has 2 unspecified atom stereocenters. The lowest BCUT2D eigenvalue weighted by molar-refractivity contribution is -0.0913. The maximum Gasteiger partial charge on any atom is 0.330 e. The van der Waals surface area contributed by atoms with Gasteiger partial charge in [-0.3, -0.25) is 14.3 Å². The highest BCUT2D eigenvalue weighted by molar-refractivity contribution is 5.16. The highest BCUT2D eigenvalue weighted by atomic mass is 16.6. The van der Waals surface area contributed by atoms with Crippen LogP contribution in [0.4, 0.5) is 0 Å². The second kappa shape index (κ2) is 4.66. The molecule has 1 fully saturated rings. The fraction of sp³-hybridized carbons (Fsp3) is 0.500.